The highest BCUT2D eigenvalue weighted by atomic mass is 32.2. The molecule has 108 valence electrons. The summed E-state index contributed by atoms with van der Waals surface area (Å²) >= 11 is 1.53. The zero-order chi connectivity index (χ0) is 14.5. The van der Waals surface area contributed by atoms with E-state index in [1.165, 1.54) is 16.1 Å². The van der Waals surface area contributed by atoms with Crippen LogP contribution in [0.25, 0.3) is 0 Å². The fourth-order valence-electron chi connectivity index (χ4n) is 1.83. The first-order chi connectivity index (χ1) is 8.86. The van der Waals surface area contributed by atoms with Crippen LogP contribution >= 0.6 is 11.8 Å². The number of nitrogens with two attached hydrogens (primary N) is 1. The molecule has 0 bridgehead atoms. The van der Waals surface area contributed by atoms with Crippen molar-refractivity contribution < 1.29 is 8.42 Å². The Balaban J connectivity index is 2.54. The van der Waals surface area contributed by atoms with Crippen molar-refractivity contribution in [2.75, 3.05) is 23.8 Å². The second-order valence-corrected chi connectivity index (χ2v) is 7.74. The zero-order valence-corrected chi connectivity index (χ0v) is 13.3. The van der Waals surface area contributed by atoms with Gasteiger partial charge in [-0.15, -0.1) is 11.8 Å². The Bertz CT molecular complexity index is 484. The van der Waals surface area contributed by atoms with Gasteiger partial charge < -0.3 is 5.73 Å². The summed E-state index contributed by atoms with van der Waals surface area (Å²) in [5.41, 5.74) is 6.32. The van der Waals surface area contributed by atoms with E-state index in [1.54, 1.807) is 0 Å². The number of hydrogen-bond acceptors (Lipinski definition) is 4. The molecule has 0 unspecified atom stereocenters. The summed E-state index contributed by atoms with van der Waals surface area (Å²) in [6, 6.07) is 7.47. The van der Waals surface area contributed by atoms with Crippen LogP contribution < -0.4 is 5.73 Å². The largest absolute Gasteiger partial charge is 0.399 e. The molecule has 2 N–H and O–H groups in total. The molecule has 1 rings (SSSR count). The second kappa shape index (κ2) is 7.17. The molecule has 0 atom stereocenters. The minimum Gasteiger partial charge on any atom is -0.399 e. The maximum Gasteiger partial charge on any atom is 0.215 e. The Morgan fingerprint density at radius 1 is 1.26 bits per heavy atom. The molecule has 0 amide bonds. The molecule has 0 heterocycles. The molecule has 0 saturated heterocycles. The highest BCUT2D eigenvalue weighted by molar-refractivity contribution is 8.00. The molecule has 19 heavy (non-hydrogen) atoms. The van der Waals surface area contributed by atoms with E-state index in [9.17, 15) is 8.42 Å². The van der Waals surface area contributed by atoms with Gasteiger partial charge in [-0.3, -0.25) is 0 Å². The topological polar surface area (TPSA) is 63.4 Å². The fraction of sp³-hybridized carbons (Fsp3) is 0.538. The number of nitrogens with zero attached hydrogens (tertiary/aromatic N) is 1. The van der Waals surface area contributed by atoms with Crippen LogP contribution in [0.4, 0.5) is 5.69 Å². The molecular weight excluding hydrogens is 280 g/mol. The van der Waals surface area contributed by atoms with E-state index >= 15 is 0 Å². The fourth-order valence-corrected chi connectivity index (χ4v) is 4.84. The average molecular weight is 302 g/mol. The molecule has 6 heteroatoms. The molecule has 1 aromatic carbocycles. The van der Waals surface area contributed by atoms with E-state index in [-0.39, 0.29) is 11.8 Å². The Morgan fingerprint density at radius 2 is 1.84 bits per heavy atom. The van der Waals surface area contributed by atoms with Gasteiger partial charge in [0.2, 0.25) is 10.0 Å². The van der Waals surface area contributed by atoms with Crippen LogP contribution in [-0.2, 0) is 10.0 Å². The van der Waals surface area contributed by atoms with Crippen LogP contribution in [0.2, 0.25) is 0 Å². The van der Waals surface area contributed by atoms with Gasteiger partial charge in [-0.1, -0.05) is 6.92 Å². The Labute approximate surface area is 120 Å². The van der Waals surface area contributed by atoms with E-state index in [0.717, 1.165) is 4.90 Å². The predicted molar refractivity (Wildman–Crippen MR) is 82.9 cm³/mol. The minimum atomic E-state index is -3.16. The normalized spacial score (nSPS) is 12.3. The van der Waals surface area contributed by atoms with Crippen LogP contribution in [0, 0.1) is 0 Å². The molecule has 0 fully saturated rings. The lowest BCUT2D eigenvalue weighted by Gasteiger charge is -2.24. The molecule has 1 aromatic rings. The molecular formula is C13H22N2O2S2. The first-order valence-corrected chi connectivity index (χ1v) is 8.94. The van der Waals surface area contributed by atoms with Crippen molar-refractivity contribution in [3.8, 4) is 0 Å². The van der Waals surface area contributed by atoms with Gasteiger partial charge in [0, 0.05) is 28.9 Å². The molecule has 0 aliphatic rings. The number of anilines is 1. The first-order valence-electron chi connectivity index (χ1n) is 6.34. The third-order valence-electron chi connectivity index (χ3n) is 2.74. The summed E-state index contributed by atoms with van der Waals surface area (Å²) in [4.78, 5) is 1.04. The van der Waals surface area contributed by atoms with Gasteiger partial charge >= 0.3 is 0 Å². The summed E-state index contributed by atoms with van der Waals surface area (Å²) in [7, 11) is -3.16. The Hall–Kier alpha value is -0.720. The van der Waals surface area contributed by atoms with Crippen molar-refractivity contribution in [1.82, 2.24) is 4.31 Å². The van der Waals surface area contributed by atoms with Gasteiger partial charge in [0.1, 0.15) is 0 Å². The lowest BCUT2D eigenvalue weighted by molar-refractivity contribution is 0.370. The van der Waals surface area contributed by atoms with Crippen LogP contribution in [0.5, 0.6) is 0 Å². The van der Waals surface area contributed by atoms with Gasteiger partial charge in [0.05, 0.1) is 5.75 Å². The molecule has 0 saturated carbocycles. The summed E-state index contributed by atoms with van der Waals surface area (Å²) < 4.78 is 25.8. The second-order valence-electron chi connectivity index (χ2n) is 4.53. The minimum absolute atomic E-state index is 0.0107. The van der Waals surface area contributed by atoms with E-state index in [2.05, 4.69) is 0 Å². The number of nitrogen functional groups attached to an aromatic ring is 1. The number of thioether (sulfide) groups is 1. The van der Waals surface area contributed by atoms with Crippen molar-refractivity contribution in [2.45, 2.75) is 31.7 Å². The molecule has 0 aromatic heterocycles. The number of sulfonamides is 1. The van der Waals surface area contributed by atoms with Crippen molar-refractivity contribution >= 4 is 27.5 Å². The maximum atomic E-state index is 12.1. The molecule has 0 aliphatic carbocycles. The summed E-state index contributed by atoms with van der Waals surface area (Å²) in [5.74, 6) is 0.712. The summed E-state index contributed by atoms with van der Waals surface area (Å²) in [5, 5.41) is 0. The smallest absolute Gasteiger partial charge is 0.215 e. The van der Waals surface area contributed by atoms with Crippen LogP contribution in [0.3, 0.4) is 0 Å². The van der Waals surface area contributed by atoms with Gasteiger partial charge in [-0.2, -0.15) is 4.31 Å². The Morgan fingerprint density at radius 3 is 2.32 bits per heavy atom. The van der Waals surface area contributed by atoms with E-state index in [4.69, 9.17) is 5.73 Å². The number of benzene rings is 1. The average Bonchev–Trinajstić information content (AvgIpc) is 2.31. The zero-order valence-electron chi connectivity index (χ0n) is 11.7. The van der Waals surface area contributed by atoms with Crippen molar-refractivity contribution in [3.63, 3.8) is 0 Å². The SMILES string of the molecule is CCN(C(C)C)S(=O)(=O)CCSc1ccc(N)cc1. The van der Waals surface area contributed by atoms with Crippen LogP contribution in [0.15, 0.2) is 29.2 Å². The molecule has 0 radical (unpaired) electrons. The third-order valence-corrected chi connectivity index (χ3v) is 6.12. The van der Waals surface area contributed by atoms with Crippen LogP contribution in [-0.4, -0.2) is 36.8 Å². The standard InChI is InChI=1S/C13H22N2O2S2/c1-4-15(11(2)3)19(16,17)10-9-18-13-7-5-12(14)6-8-13/h5-8,11H,4,9-10,14H2,1-3H3. The van der Waals surface area contributed by atoms with E-state index in [0.29, 0.717) is 18.0 Å². The van der Waals surface area contributed by atoms with Gasteiger partial charge in [-0.25, -0.2) is 8.42 Å². The molecule has 4 nitrogen and oxygen atoms in total. The van der Waals surface area contributed by atoms with Crippen molar-refractivity contribution in [2.24, 2.45) is 0 Å². The van der Waals surface area contributed by atoms with Crippen LogP contribution in [0.1, 0.15) is 20.8 Å². The number of rotatable bonds is 7. The Kier molecular flexibility index (Phi) is 6.16. The maximum absolute atomic E-state index is 12.1. The first kappa shape index (κ1) is 16.3. The van der Waals surface area contributed by atoms with Gasteiger partial charge in [0.15, 0.2) is 0 Å². The van der Waals surface area contributed by atoms with E-state index in [1.807, 2.05) is 45.0 Å². The number of hydrogen-bond donors (Lipinski definition) is 1. The summed E-state index contributed by atoms with van der Waals surface area (Å²) in [6.45, 7) is 6.18. The quantitative estimate of drug-likeness (QED) is 0.620. The van der Waals surface area contributed by atoms with Gasteiger partial charge in [0.25, 0.3) is 0 Å². The lowest BCUT2D eigenvalue weighted by Crippen LogP contribution is -2.38. The van der Waals surface area contributed by atoms with E-state index < -0.39 is 10.0 Å². The lowest BCUT2D eigenvalue weighted by atomic mass is 10.3. The molecule has 0 spiro atoms. The van der Waals surface area contributed by atoms with Crippen molar-refractivity contribution in [3.05, 3.63) is 24.3 Å². The monoisotopic (exact) mass is 302 g/mol. The van der Waals surface area contributed by atoms with Crippen molar-refractivity contribution in [1.29, 1.82) is 0 Å². The third kappa shape index (κ3) is 5.04. The highest BCUT2D eigenvalue weighted by Crippen LogP contribution is 2.20. The highest BCUT2D eigenvalue weighted by Gasteiger charge is 2.22. The predicted octanol–water partition coefficient (Wildman–Crippen LogP) is 2.42. The summed E-state index contributed by atoms with van der Waals surface area (Å²) in [6.07, 6.45) is 0. The molecule has 0 aliphatic heterocycles. The van der Waals surface area contributed by atoms with Gasteiger partial charge in [-0.05, 0) is 38.1 Å².